The van der Waals surface area contributed by atoms with Crippen LogP contribution in [0.3, 0.4) is 0 Å². The van der Waals surface area contributed by atoms with Crippen molar-refractivity contribution >= 4 is 5.91 Å². The number of methoxy groups -OCH3 is 1. The molecule has 1 amide bonds. The number of hydrogen-bond acceptors (Lipinski definition) is 6. The minimum Gasteiger partial charge on any atom is -0.497 e. The molecule has 0 bridgehead atoms. The summed E-state index contributed by atoms with van der Waals surface area (Å²) in [5.74, 6) is 2.24. The van der Waals surface area contributed by atoms with Crippen LogP contribution in [0, 0.1) is 0 Å². The zero-order chi connectivity index (χ0) is 20.1. The van der Waals surface area contributed by atoms with E-state index in [9.17, 15) is 4.79 Å². The highest BCUT2D eigenvalue weighted by molar-refractivity contribution is 5.92. The van der Waals surface area contributed by atoms with E-state index in [0.717, 1.165) is 38.2 Å². The van der Waals surface area contributed by atoms with Gasteiger partial charge in [0.2, 0.25) is 5.76 Å². The van der Waals surface area contributed by atoms with Crippen LogP contribution in [0.25, 0.3) is 11.5 Å². The summed E-state index contributed by atoms with van der Waals surface area (Å²) in [5.41, 5.74) is 1.63. The minimum atomic E-state index is -0.236. The van der Waals surface area contributed by atoms with Gasteiger partial charge in [-0.05, 0) is 61.7 Å². The summed E-state index contributed by atoms with van der Waals surface area (Å²) >= 11 is 0. The Bertz CT molecular complexity index is 910. The van der Waals surface area contributed by atoms with Crippen LogP contribution in [0.1, 0.15) is 34.8 Å². The highest BCUT2D eigenvalue weighted by atomic mass is 16.5. The van der Waals surface area contributed by atoms with Crippen LogP contribution in [0.15, 0.2) is 57.7 Å². The van der Waals surface area contributed by atoms with E-state index in [1.54, 1.807) is 31.6 Å². The number of piperidine rings is 1. The molecule has 1 aliphatic heterocycles. The van der Waals surface area contributed by atoms with Gasteiger partial charge in [-0.2, -0.15) is 0 Å². The van der Waals surface area contributed by atoms with Crippen LogP contribution < -0.4 is 10.1 Å². The van der Waals surface area contributed by atoms with Gasteiger partial charge in [0.05, 0.1) is 13.4 Å². The van der Waals surface area contributed by atoms with Crippen molar-refractivity contribution in [2.75, 3.05) is 33.3 Å². The molecule has 3 heterocycles. The molecule has 2 aromatic heterocycles. The van der Waals surface area contributed by atoms with Gasteiger partial charge in [0.25, 0.3) is 5.91 Å². The Morgan fingerprint density at radius 2 is 2.00 bits per heavy atom. The van der Waals surface area contributed by atoms with E-state index in [0.29, 0.717) is 24.0 Å². The van der Waals surface area contributed by atoms with E-state index in [1.807, 2.05) is 12.1 Å². The number of hydrogen-bond donors (Lipinski definition) is 1. The fourth-order valence-corrected chi connectivity index (χ4v) is 3.70. The SMILES string of the molecule is COc1ccc(C2CCN(CCNC(=O)c3cc(-c4ccco4)on3)CC2)cc1. The monoisotopic (exact) mass is 395 g/mol. The Labute approximate surface area is 169 Å². The number of likely N-dealkylation sites (tertiary alicyclic amines) is 1. The summed E-state index contributed by atoms with van der Waals surface area (Å²) in [4.78, 5) is 14.7. The number of carbonyl (C=O) groups is 1. The van der Waals surface area contributed by atoms with Gasteiger partial charge in [-0.25, -0.2) is 0 Å². The van der Waals surface area contributed by atoms with Crippen LogP contribution >= 0.6 is 0 Å². The van der Waals surface area contributed by atoms with Crippen molar-refractivity contribution < 1.29 is 18.5 Å². The van der Waals surface area contributed by atoms with Gasteiger partial charge in [-0.3, -0.25) is 4.79 Å². The first-order chi connectivity index (χ1) is 14.2. The van der Waals surface area contributed by atoms with E-state index in [1.165, 1.54) is 5.56 Å². The largest absolute Gasteiger partial charge is 0.497 e. The number of nitrogens with zero attached hydrogens (tertiary/aromatic N) is 2. The van der Waals surface area contributed by atoms with Crippen molar-refractivity contribution in [3.63, 3.8) is 0 Å². The van der Waals surface area contributed by atoms with Gasteiger partial charge >= 0.3 is 0 Å². The molecule has 3 aromatic rings. The Kier molecular flexibility index (Phi) is 5.95. The van der Waals surface area contributed by atoms with Gasteiger partial charge in [0.15, 0.2) is 11.5 Å². The third-order valence-electron chi connectivity index (χ3n) is 5.40. The Hall–Kier alpha value is -3.06. The van der Waals surface area contributed by atoms with Crippen LogP contribution in [-0.2, 0) is 0 Å². The number of ether oxygens (including phenoxy) is 1. The first kappa shape index (κ1) is 19.3. The summed E-state index contributed by atoms with van der Waals surface area (Å²) in [5, 5.41) is 6.74. The number of rotatable bonds is 7. The molecule has 7 nitrogen and oxygen atoms in total. The molecule has 0 unspecified atom stereocenters. The van der Waals surface area contributed by atoms with E-state index in [-0.39, 0.29) is 11.6 Å². The van der Waals surface area contributed by atoms with Crippen molar-refractivity contribution in [3.8, 4) is 17.3 Å². The lowest BCUT2D eigenvalue weighted by Gasteiger charge is -2.32. The lowest BCUT2D eigenvalue weighted by atomic mass is 9.89. The third kappa shape index (κ3) is 4.68. The maximum atomic E-state index is 12.3. The fraction of sp³-hybridized carbons (Fsp3) is 0.364. The summed E-state index contributed by atoms with van der Waals surface area (Å²) in [7, 11) is 1.69. The zero-order valence-corrected chi connectivity index (χ0v) is 16.5. The lowest BCUT2D eigenvalue weighted by Crippen LogP contribution is -2.39. The average molecular weight is 395 g/mol. The molecule has 0 atom stereocenters. The normalized spacial score (nSPS) is 15.3. The second-order valence-corrected chi connectivity index (χ2v) is 7.20. The predicted octanol–water partition coefficient (Wildman–Crippen LogP) is 3.55. The summed E-state index contributed by atoms with van der Waals surface area (Å²) in [6.07, 6.45) is 3.79. The van der Waals surface area contributed by atoms with Crippen molar-refractivity contribution in [1.29, 1.82) is 0 Å². The molecule has 29 heavy (non-hydrogen) atoms. The highest BCUT2D eigenvalue weighted by Crippen LogP contribution is 2.29. The zero-order valence-electron chi connectivity index (χ0n) is 16.5. The van der Waals surface area contributed by atoms with E-state index in [2.05, 4.69) is 27.5 Å². The highest BCUT2D eigenvalue weighted by Gasteiger charge is 2.21. The van der Waals surface area contributed by atoms with E-state index in [4.69, 9.17) is 13.7 Å². The molecule has 1 N–H and O–H groups in total. The fourth-order valence-electron chi connectivity index (χ4n) is 3.70. The van der Waals surface area contributed by atoms with Crippen LogP contribution in [-0.4, -0.2) is 49.3 Å². The number of furan rings is 1. The molecule has 0 saturated carbocycles. The van der Waals surface area contributed by atoms with E-state index >= 15 is 0 Å². The van der Waals surface area contributed by atoms with Gasteiger partial charge in [0, 0.05) is 19.2 Å². The number of amides is 1. The molecule has 4 rings (SSSR count). The topological polar surface area (TPSA) is 80.7 Å². The van der Waals surface area contributed by atoms with Gasteiger partial charge < -0.3 is 23.9 Å². The third-order valence-corrected chi connectivity index (χ3v) is 5.40. The van der Waals surface area contributed by atoms with Crippen molar-refractivity contribution in [2.24, 2.45) is 0 Å². The Morgan fingerprint density at radius 1 is 1.21 bits per heavy atom. The van der Waals surface area contributed by atoms with Crippen molar-refractivity contribution in [1.82, 2.24) is 15.4 Å². The maximum absolute atomic E-state index is 12.3. The molecule has 1 saturated heterocycles. The number of carbonyl (C=O) groups excluding carboxylic acids is 1. The average Bonchev–Trinajstić information content (AvgIpc) is 3.46. The Balaban J connectivity index is 1.20. The van der Waals surface area contributed by atoms with Gasteiger partial charge in [0.1, 0.15) is 5.75 Å². The molecule has 0 spiro atoms. The lowest BCUT2D eigenvalue weighted by molar-refractivity contribution is 0.0937. The molecule has 1 aliphatic rings. The molecule has 0 radical (unpaired) electrons. The summed E-state index contributed by atoms with van der Waals surface area (Å²) < 4.78 is 15.7. The molecule has 7 heteroatoms. The minimum absolute atomic E-state index is 0.236. The quantitative estimate of drug-likeness (QED) is 0.659. The number of benzene rings is 1. The second kappa shape index (κ2) is 8.96. The van der Waals surface area contributed by atoms with Crippen molar-refractivity contribution in [3.05, 3.63) is 60.0 Å². The predicted molar refractivity (Wildman–Crippen MR) is 108 cm³/mol. The summed E-state index contributed by atoms with van der Waals surface area (Å²) in [6.45, 7) is 3.46. The molecule has 152 valence electrons. The number of aromatic nitrogens is 1. The van der Waals surface area contributed by atoms with Gasteiger partial charge in [-0.15, -0.1) is 0 Å². The number of nitrogens with one attached hydrogen (secondary N) is 1. The second-order valence-electron chi connectivity index (χ2n) is 7.20. The Morgan fingerprint density at radius 3 is 2.69 bits per heavy atom. The van der Waals surface area contributed by atoms with Crippen LogP contribution in [0.4, 0.5) is 0 Å². The summed E-state index contributed by atoms with van der Waals surface area (Å²) in [6, 6.07) is 13.5. The first-order valence-corrected chi connectivity index (χ1v) is 9.88. The van der Waals surface area contributed by atoms with Crippen LogP contribution in [0.2, 0.25) is 0 Å². The van der Waals surface area contributed by atoms with Crippen LogP contribution in [0.5, 0.6) is 5.75 Å². The maximum Gasteiger partial charge on any atom is 0.273 e. The standard InChI is InChI=1S/C22H25N3O4/c1-27-18-6-4-16(5-7-18)17-8-11-25(12-9-17)13-10-23-22(26)19-15-21(29-24-19)20-3-2-14-28-20/h2-7,14-15,17H,8-13H2,1H3,(H,23,26). The molecule has 1 fully saturated rings. The first-order valence-electron chi connectivity index (χ1n) is 9.88. The molecular weight excluding hydrogens is 370 g/mol. The van der Waals surface area contributed by atoms with Gasteiger partial charge in [-0.1, -0.05) is 17.3 Å². The van der Waals surface area contributed by atoms with E-state index < -0.39 is 0 Å². The molecule has 0 aliphatic carbocycles. The van der Waals surface area contributed by atoms with Crippen molar-refractivity contribution in [2.45, 2.75) is 18.8 Å². The smallest absolute Gasteiger partial charge is 0.273 e. The molecule has 1 aromatic carbocycles. The molecular formula is C22H25N3O4.